The molecular formula is C15H14Br2N2O. The molecule has 2 aromatic carbocycles. The molecule has 2 rings (SSSR count). The second kappa shape index (κ2) is 6.41. The molecular weight excluding hydrogens is 384 g/mol. The van der Waals surface area contributed by atoms with Crippen LogP contribution in [0.2, 0.25) is 0 Å². The zero-order valence-corrected chi connectivity index (χ0v) is 14.0. The van der Waals surface area contributed by atoms with Crippen LogP contribution in [0.25, 0.3) is 0 Å². The number of aryl methyl sites for hydroxylation is 1. The van der Waals surface area contributed by atoms with E-state index in [9.17, 15) is 4.79 Å². The standard InChI is InChI=1S/C15H14Br2N2O/c1-9-3-2-4-11(7-9)19-14(15(18)20)10-5-6-12(16)13(17)8-10/h2-8,14,19H,1H3,(H2,18,20). The number of nitrogens with one attached hydrogen (secondary N) is 1. The van der Waals surface area contributed by atoms with Crippen LogP contribution in [0.1, 0.15) is 17.2 Å². The maximum Gasteiger partial charge on any atom is 0.244 e. The van der Waals surface area contributed by atoms with Crippen molar-refractivity contribution in [1.29, 1.82) is 0 Å². The summed E-state index contributed by atoms with van der Waals surface area (Å²) < 4.78 is 1.81. The molecule has 0 radical (unpaired) electrons. The first kappa shape index (κ1) is 15.1. The first-order chi connectivity index (χ1) is 9.47. The third-order valence-electron chi connectivity index (χ3n) is 2.89. The summed E-state index contributed by atoms with van der Waals surface area (Å²) in [6.07, 6.45) is 0. The Morgan fingerprint density at radius 3 is 2.50 bits per heavy atom. The second-order valence-electron chi connectivity index (χ2n) is 4.52. The molecule has 2 aromatic rings. The van der Waals surface area contributed by atoms with Crippen LogP contribution in [0.3, 0.4) is 0 Å². The molecule has 1 atom stereocenters. The number of carbonyl (C=O) groups excluding carboxylic acids is 1. The van der Waals surface area contributed by atoms with E-state index in [1.165, 1.54) is 0 Å². The molecule has 0 aliphatic carbocycles. The zero-order valence-electron chi connectivity index (χ0n) is 10.9. The predicted octanol–water partition coefficient (Wildman–Crippen LogP) is 4.16. The highest BCUT2D eigenvalue weighted by Crippen LogP contribution is 2.28. The van der Waals surface area contributed by atoms with Crippen molar-refractivity contribution in [3.8, 4) is 0 Å². The van der Waals surface area contributed by atoms with Crippen LogP contribution in [0, 0.1) is 6.92 Å². The number of amides is 1. The minimum Gasteiger partial charge on any atom is -0.370 e. The zero-order chi connectivity index (χ0) is 14.7. The van der Waals surface area contributed by atoms with Gasteiger partial charge < -0.3 is 11.1 Å². The number of nitrogens with two attached hydrogens (primary N) is 1. The molecule has 0 aliphatic rings. The fourth-order valence-corrected chi connectivity index (χ4v) is 2.56. The summed E-state index contributed by atoms with van der Waals surface area (Å²) in [6.45, 7) is 2.00. The number of hydrogen-bond acceptors (Lipinski definition) is 2. The lowest BCUT2D eigenvalue weighted by Crippen LogP contribution is -2.27. The number of primary amides is 1. The third-order valence-corrected chi connectivity index (χ3v) is 4.77. The minimum absolute atomic E-state index is 0.416. The van der Waals surface area contributed by atoms with Crippen LogP contribution in [0.5, 0.6) is 0 Å². The fourth-order valence-electron chi connectivity index (χ4n) is 1.91. The van der Waals surface area contributed by atoms with Gasteiger partial charge in [-0.2, -0.15) is 0 Å². The van der Waals surface area contributed by atoms with Crippen molar-refractivity contribution in [3.63, 3.8) is 0 Å². The molecule has 0 spiro atoms. The number of anilines is 1. The number of rotatable bonds is 4. The van der Waals surface area contributed by atoms with Gasteiger partial charge in [-0.3, -0.25) is 4.79 Å². The first-order valence-electron chi connectivity index (χ1n) is 6.05. The monoisotopic (exact) mass is 396 g/mol. The Kier molecular flexibility index (Phi) is 4.83. The van der Waals surface area contributed by atoms with Crippen molar-refractivity contribution >= 4 is 43.5 Å². The third kappa shape index (κ3) is 3.61. The molecule has 5 heteroatoms. The van der Waals surface area contributed by atoms with Crippen LogP contribution in [-0.2, 0) is 4.79 Å². The summed E-state index contributed by atoms with van der Waals surface area (Å²) in [5.74, 6) is -0.416. The van der Waals surface area contributed by atoms with Gasteiger partial charge in [0.15, 0.2) is 0 Å². The van der Waals surface area contributed by atoms with Crippen LogP contribution in [0.4, 0.5) is 5.69 Å². The van der Waals surface area contributed by atoms with Gasteiger partial charge in [-0.05, 0) is 74.2 Å². The summed E-state index contributed by atoms with van der Waals surface area (Å²) >= 11 is 6.84. The van der Waals surface area contributed by atoms with E-state index in [4.69, 9.17) is 5.73 Å². The summed E-state index contributed by atoms with van der Waals surface area (Å²) in [5, 5.41) is 3.17. The van der Waals surface area contributed by atoms with Gasteiger partial charge in [0.1, 0.15) is 6.04 Å². The number of hydrogen-bond donors (Lipinski definition) is 2. The Labute approximate surface area is 134 Å². The smallest absolute Gasteiger partial charge is 0.244 e. The van der Waals surface area contributed by atoms with Crippen LogP contribution in [0.15, 0.2) is 51.4 Å². The summed E-state index contributed by atoms with van der Waals surface area (Å²) in [4.78, 5) is 11.7. The van der Waals surface area contributed by atoms with Gasteiger partial charge in [0.25, 0.3) is 0 Å². The molecule has 1 unspecified atom stereocenters. The van der Waals surface area contributed by atoms with Crippen molar-refractivity contribution in [2.75, 3.05) is 5.32 Å². The van der Waals surface area contributed by atoms with E-state index in [1.54, 1.807) is 0 Å². The summed E-state index contributed by atoms with van der Waals surface area (Å²) in [7, 11) is 0. The molecule has 0 aromatic heterocycles. The SMILES string of the molecule is Cc1cccc(NC(C(N)=O)c2ccc(Br)c(Br)c2)c1. The highest BCUT2D eigenvalue weighted by Gasteiger charge is 2.18. The Morgan fingerprint density at radius 2 is 1.90 bits per heavy atom. The van der Waals surface area contributed by atoms with Crippen molar-refractivity contribution < 1.29 is 4.79 Å². The van der Waals surface area contributed by atoms with Crippen molar-refractivity contribution in [3.05, 3.63) is 62.5 Å². The minimum atomic E-state index is -0.568. The van der Waals surface area contributed by atoms with Gasteiger partial charge in [0, 0.05) is 14.6 Å². The van der Waals surface area contributed by atoms with Gasteiger partial charge >= 0.3 is 0 Å². The lowest BCUT2D eigenvalue weighted by Gasteiger charge is -2.18. The Hall–Kier alpha value is -1.33. The van der Waals surface area contributed by atoms with E-state index in [1.807, 2.05) is 49.4 Å². The van der Waals surface area contributed by atoms with Gasteiger partial charge in [-0.15, -0.1) is 0 Å². The highest BCUT2D eigenvalue weighted by molar-refractivity contribution is 9.13. The quantitative estimate of drug-likeness (QED) is 0.813. The molecule has 104 valence electrons. The molecule has 0 heterocycles. The van der Waals surface area contributed by atoms with Crippen molar-refractivity contribution in [2.45, 2.75) is 13.0 Å². The molecule has 0 saturated heterocycles. The number of benzene rings is 2. The average molecular weight is 398 g/mol. The van der Waals surface area contributed by atoms with E-state index >= 15 is 0 Å². The topological polar surface area (TPSA) is 55.1 Å². The Bertz CT molecular complexity index is 644. The van der Waals surface area contributed by atoms with E-state index < -0.39 is 11.9 Å². The van der Waals surface area contributed by atoms with Gasteiger partial charge in [0.2, 0.25) is 5.91 Å². The van der Waals surface area contributed by atoms with Gasteiger partial charge in [0.05, 0.1) is 0 Å². The van der Waals surface area contributed by atoms with E-state index in [2.05, 4.69) is 37.2 Å². The molecule has 20 heavy (non-hydrogen) atoms. The predicted molar refractivity (Wildman–Crippen MR) is 88.6 cm³/mol. The lowest BCUT2D eigenvalue weighted by atomic mass is 10.1. The number of carbonyl (C=O) groups is 1. The Morgan fingerprint density at radius 1 is 1.15 bits per heavy atom. The molecule has 3 N–H and O–H groups in total. The molecule has 1 amide bonds. The van der Waals surface area contributed by atoms with Crippen molar-refractivity contribution in [1.82, 2.24) is 0 Å². The van der Waals surface area contributed by atoms with E-state index in [-0.39, 0.29) is 0 Å². The normalized spacial score (nSPS) is 11.9. The van der Waals surface area contributed by atoms with Crippen LogP contribution >= 0.6 is 31.9 Å². The average Bonchev–Trinajstić information content (AvgIpc) is 2.39. The van der Waals surface area contributed by atoms with E-state index in [0.717, 1.165) is 25.8 Å². The maximum atomic E-state index is 11.7. The van der Waals surface area contributed by atoms with Crippen LogP contribution in [-0.4, -0.2) is 5.91 Å². The van der Waals surface area contributed by atoms with Crippen molar-refractivity contribution in [2.24, 2.45) is 5.73 Å². The molecule has 0 saturated carbocycles. The second-order valence-corrected chi connectivity index (χ2v) is 6.23. The molecule has 0 aliphatic heterocycles. The van der Waals surface area contributed by atoms with Crippen LogP contribution < -0.4 is 11.1 Å². The Balaban J connectivity index is 2.32. The molecule has 0 fully saturated rings. The van der Waals surface area contributed by atoms with Gasteiger partial charge in [-0.25, -0.2) is 0 Å². The first-order valence-corrected chi connectivity index (χ1v) is 7.63. The number of halogens is 2. The molecule has 0 bridgehead atoms. The summed E-state index contributed by atoms with van der Waals surface area (Å²) in [6, 6.07) is 12.9. The largest absolute Gasteiger partial charge is 0.370 e. The lowest BCUT2D eigenvalue weighted by molar-refractivity contribution is -0.118. The maximum absolute atomic E-state index is 11.7. The molecule has 3 nitrogen and oxygen atoms in total. The van der Waals surface area contributed by atoms with E-state index in [0.29, 0.717) is 0 Å². The highest BCUT2D eigenvalue weighted by atomic mass is 79.9. The van der Waals surface area contributed by atoms with Gasteiger partial charge in [-0.1, -0.05) is 18.2 Å². The summed E-state index contributed by atoms with van der Waals surface area (Å²) in [5.41, 5.74) is 8.32. The fraction of sp³-hybridized carbons (Fsp3) is 0.133.